The van der Waals surface area contributed by atoms with Gasteiger partial charge in [0.25, 0.3) is 0 Å². The van der Waals surface area contributed by atoms with Gasteiger partial charge in [0.1, 0.15) is 6.61 Å². The molecule has 0 aliphatic carbocycles. The van der Waals surface area contributed by atoms with Crippen LogP contribution in [-0.2, 0) is 0 Å². The maximum absolute atomic E-state index is 5.58. The van der Waals surface area contributed by atoms with Gasteiger partial charge < -0.3 is 10.1 Å². The molecule has 4 heteroatoms. The first-order valence-corrected chi connectivity index (χ1v) is 5.00. The zero-order chi connectivity index (χ0) is 9.80. The molecule has 0 bridgehead atoms. The highest BCUT2D eigenvalue weighted by molar-refractivity contribution is 5.14. The third kappa shape index (κ3) is 2.20. The summed E-state index contributed by atoms with van der Waals surface area (Å²) in [4.78, 5) is 8.24. The van der Waals surface area contributed by atoms with Crippen molar-refractivity contribution in [1.29, 1.82) is 0 Å². The summed E-state index contributed by atoms with van der Waals surface area (Å²) < 4.78 is 5.58. The van der Waals surface area contributed by atoms with Crippen LogP contribution in [-0.4, -0.2) is 29.2 Å². The molecule has 76 valence electrons. The second-order valence-corrected chi connectivity index (χ2v) is 3.55. The van der Waals surface area contributed by atoms with Gasteiger partial charge in [-0.3, -0.25) is 4.98 Å². The molecule has 1 saturated heterocycles. The molecule has 1 aromatic rings. The molecule has 0 aromatic carbocycles. The molecule has 1 N–H and O–H groups in total. The summed E-state index contributed by atoms with van der Waals surface area (Å²) in [6, 6.07) is 0.483. The van der Waals surface area contributed by atoms with Crippen LogP contribution in [0.2, 0.25) is 0 Å². The van der Waals surface area contributed by atoms with Gasteiger partial charge in [0.15, 0.2) is 0 Å². The number of ether oxygens (including phenoxy) is 1. The van der Waals surface area contributed by atoms with E-state index in [2.05, 4.69) is 15.3 Å². The Hall–Kier alpha value is -1.16. The van der Waals surface area contributed by atoms with Crippen LogP contribution in [0.25, 0.3) is 0 Å². The van der Waals surface area contributed by atoms with Crippen LogP contribution < -0.4 is 10.1 Å². The second-order valence-electron chi connectivity index (χ2n) is 3.55. The number of aryl methyl sites for hydroxylation is 1. The van der Waals surface area contributed by atoms with Crippen molar-refractivity contribution in [3.63, 3.8) is 0 Å². The van der Waals surface area contributed by atoms with E-state index in [1.807, 2.05) is 6.92 Å². The molecule has 14 heavy (non-hydrogen) atoms. The summed E-state index contributed by atoms with van der Waals surface area (Å²) in [5.74, 6) is 0.654. The Balaban J connectivity index is 1.88. The zero-order valence-corrected chi connectivity index (χ0v) is 8.36. The van der Waals surface area contributed by atoms with E-state index in [-0.39, 0.29) is 0 Å². The first kappa shape index (κ1) is 9.40. The molecule has 1 fully saturated rings. The van der Waals surface area contributed by atoms with Gasteiger partial charge in [0.05, 0.1) is 5.69 Å². The Morgan fingerprint density at radius 2 is 2.36 bits per heavy atom. The summed E-state index contributed by atoms with van der Waals surface area (Å²) in [6.07, 6.45) is 5.77. The first-order valence-electron chi connectivity index (χ1n) is 5.00. The summed E-state index contributed by atoms with van der Waals surface area (Å²) in [5, 5.41) is 3.37. The maximum atomic E-state index is 5.58. The largest absolute Gasteiger partial charge is 0.475 e. The van der Waals surface area contributed by atoms with Crippen molar-refractivity contribution in [1.82, 2.24) is 15.3 Å². The van der Waals surface area contributed by atoms with Crippen molar-refractivity contribution in [2.75, 3.05) is 13.2 Å². The molecular weight excluding hydrogens is 178 g/mol. The van der Waals surface area contributed by atoms with E-state index < -0.39 is 0 Å². The molecule has 4 nitrogen and oxygen atoms in total. The first-order chi connectivity index (χ1) is 6.86. The maximum Gasteiger partial charge on any atom is 0.235 e. The summed E-state index contributed by atoms with van der Waals surface area (Å²) in [6.45, 7) is 3.71. The van der Waals surface area contributed by atoms with E-state index >= 15 is 0 Å². The van der Waals surface area contributed by atoms with Crippen LogP contribution in [0.15, 0.2) is 12.4 Å². The lowest BCUT2D eigenvalue weighted by atomic mass is 10.2. The molecule has 0 radical (unpaired) electrons. The van der Waals surface area contributed by atoms with Crippen molar-refractivity contribution in [2.45, 2.75) is 25.8 Å². The number of nitrogens with zero attached hydrogens (tertiary/aromatic N) is 2. The molecule has 2 heterocycles. The fourth-order valence-corrected chi connectivity index (χ4v) is 1.62. The lowest BCUT2D eigenvalue weighted by molar-refractivity contribution is 0.264. The van der Waals surface area contributed by atoms with Crippen molar-refractivity contribution in [2.24, 2.45) is 0 Å². The SMILES string of the molecule is Cc1nccnc1OCC1CCCN1. The predicted molar refractivity (Wildman–Crippen MR) is 53.3 cm³/mol. The normalized spacial score (nSPS) is 21.1. The average molecular weight is 193 g/mol. The van der Waals surface area contributed by atoms with Gasteiger partial charge >= 0.3 is 0 Å². The van der Waals surface area contributed by atoms with Crippen molar-refractivity contribution >= 4 is 0 Å². The molecule has 2 rings (SSSR count). The Morgan fingerprint density at radius 1 is 1.50 bits per heavy atom. The Kier molecular flexibility index (Phi) is 2.93. The highest BCUT2D eigenvalue weighted by Crippen LogP contribution is 2.11. The molecule has 1 aliphatic heterocycles. The van der Waals surface area contributed by atoms with Gasteiger partial charge in [-0.1, -0.05) is 0 Å². The van der Waals surface area contributed by atoms with Crippen LogP contribution in [0, 0.1) is 6.92 Å². The minimum atomic E-state index is 0.483. The highest BCUT2D eigenvalue weighted by Gasteiger charge is 2.15. The van der Waals surface area contributed by atoms with Crippen LogP contribution in [0.5, 0.6) is 5.88 Å². The molecular formula is C10H15N3O. The molecule has 1 atom stereocenters. The zero-order valence-electron chi connectivity index (χ0n) is 8.36. The number of aromatic nitrogens is 2. The lowest BCUT2D eigenvalue weighted by Gasteiger charge is -2.11. The van der Waals surface area contributed by atoms with E-state index in [1.54, 1.807) is 12.4 Å². The van der Waals surface area contributed by atoms with Crippen LogP contribution >= 0.6 is 0 Å². The van der Waals surface area contributed by atoms with E-state index in [1.165, 1.54) is 12.8 Å². The number of rotatable bonds is 3. The Bertz CT molecular complexity index is 297. The molecule has 1 aromatic heterocycles. The van der Waals surface area contributed by atoms with Gasteiger partial charge in [-0.2, -0.15) is 0 Å². The summed E-state index contributed by atoms with van der Waals surface area (Å²) in [7, 11) is 0. The van der Waals surface area contributed by atoms with E-state index in [9.17, 15) is 0 Å². The Morgan fingerprint density at radius 3 is 3.07 bits per heavy atom. The number of hydrogen-bond donors (Lipinski definition) is 1. The fraction of sp³-hybridized carbons (Fsp3) is 0.600. The Labute approximate surface area is 83.7 Å². The minimum absolute atomic E-state index is 0.483. The van der Waals surface area contributed by atoms with Crippen LogP contribution in [0.4, 0.5) is 0 Å². The fourth-order valence-electron chi connectivity index (χ4n) is 1.62. The standard InChI is InChI=1S/C10H15N3O/c1-8-10(13-6-5-11-8)14-7-9-3-2-4-12-9/h5-6,9,12H,2-4,7H2,1H3. The topological polar surface area (TPSA) is 47.0 Å². The minimum Gasteiger partial charge on any atom is -0.475 e. The van der Waals surface area contributed by atoms with Gasteiger partial charge in [0.2, 0.25) is 5.88 Å². The number of nitrogens with one attached hydrogen (secondary N) is 1. The lowest BCUT2D eigenvalue weighted by Crippen LogP contribution is -2.28. The van der Waals surface area contributed by atoms with E-state index in [0.717, 1.165) is 12.2 Å². The number of hydrogen-bond acceptors (Lipinski definition) is 4. The summed E-state index contributed by atoms with van der Waals surface area (Å²) >= 11 is 0. The monoisotopic (exact) mass is 193 g/mol. The highest BCUT2D eigenvalue weighted by atomic mass is 16.5. The van der Waals surface area contributed by atoms with Gasteiger partial charge in [0, 0.05) is 18.4 Å². The molecule has 0 saturated carbocycles. The average Bonchev–Trinajstić information content (AvgIpc) is 2.69. The van der Waals surface area contributed by atoms with Crippen LogP contribution in [0.3, 0.4) is 0 Å². The molecule has 0 amide bonds. The van der Waals surface area contributed by atoms with Crippen molar-refractivity contribution in [3.8, 4) is 5.88 Å². The van der Waals surface area contributed by atoms with E-state index in [0.29, 0.717) is 18.5 Å². The van der Waals surface area contributed by atoms with Crippen molar-refractivity contribution in [3.05, 3.63) is 18.1 Å². The second kappa shape index (κ2) is 4.37. The van der Waals surface area contributed by atoms with Gasteiger partial charge in [-0.05, 0) is 26.3 Å². The molecule has 1 aliphatic rings. The van der Waals surface area contributed by atoms with E-state index in [4.69, 9.17) is 4.74 Å². The quantitative estimate of drug-likeness (QED) is 0.775. The summed E-state index contributed by atoms with van der Waals surface area (Å²) in [5.41, 5.74) is 0.852. The van der Waals surface area contributed by atoms with Gasteiger partial charge in [-0.25, -0.2) is 4.98 Å². The third-order valence-corrected chi connectivity index (χ3v) is 2.42. The third-order valence-electron chi connectivity index (χ3n) is 2.42. The predicted octanol–water partition coefficient (Wildman–Crippen LogP) is 0.916. The smallest absolute Gasteiger partial charge is 0.235 e. The van der Waals surface area contributed by atoms with Crippen LogP contribution in [0.1, 0.15) is 18.5 Å². The molecule has 0 spiro atoms. The van der Waals surface area contributed by atoms with Crippen molar-refractivity contribution < 1.29 is 4.74 Å². The molecule has 1 unspecified atom stereocenters. The van der Waals surface area contributed by atoms with Gasteiger partial charge in [-0.15, -0.1) is 0 Å².